The number of nitrogens with zero attached hydrogens (tertiary/aromatic N) is 2. The molecule has 0 aliphatic rings. The summed E-state index contributed by atoms with van der Waals surface area (Å²) in [5.74, 6) is 0.281. The van der Waals surface area contributed by atoms with Gasteiger partial charge in [0.15, 0.2) is 0 Å². The molecule has 1 amide bonds. The Morgan fingerprint density at radius 2 is 2.19 bits per heavy atom. The molecule has 0 spiro atoms. The number of hydrogen-bond acceptors (Lipinski definition) is 2. The second kappa shape index (κ2) is 7.48. The van der Waals surface area contributed by atoms with E-state index in [1.807, 2.05) is 16.9 Å². The zero-order valence-corrected chi connectivity index (χ0v) is 13.2. The average Bonchev–Trinajstić information content (AvgIpc) is 2.93. The molecule has 1 aromatic carbocycles. The molecule has 0 radical (unpaired) electrons. The number of aromatic nitrogens is 2. The summed E-state index contributed by atoms with van der Waals surface area (Å²) >= 11 is 11.8. The highest BCUT2D eigenvalue weighted by Crippen LogP contribution is 2.22. The van der Waals surface area contributed by atoms with Gasteiger partial charge in [-0.25, -0.2) is 0 Å². The molecule has 1 atom stereocenters. The molecule has 21 heavy (non-hydrogen) atoms. The fourth-order valence-electron chi connectivity index (χ4n) is 1.98. The van der Waals surface area contributed by atoms with E-state index in [0.717, 1.165) is 12.1 Å². The largest absolute Gasteiger partial charge is 0.355 e. The van der Waals surface area contributed by atoms with Crippen LogP contribution in [0.2, 0.25) is 10.0 Å². The third-order valence-corrected chi connectivity index (χ3v) is 3.79. The third-order valence-electron chi connectivity index (χ3n) is 3.05. The number of nitrogens with one attached hydrogen (secondary N) is 1. The lowest BCUT2D eigenvalue weighted by atomic mass is 10.1. The maximum Gasteiger partial charge on any atom is 0.224 e. The minimum Gasteiger partial charge on any atom is -0.355 e. The van der Waals surface area contributed by atoms with Crippen LogP contribution in [-0.2, 0) is 17.8 Å². The molecule has 6 heteroatoms. The van der Waals surface area contributed by atoms with E-state index in [9.17, 15) is 4.79 Å². The second-order valence-electron chi connectivity index (χ2n) is 5.06. The van der Waals surface area contributed by atoms with Crippen LogP contribution in [0.15, 0.2) is 36.7 Å². The lowest BCUT2D eigenvalue weighted by Crippen LogP contribution is -2.31. The zero-order valence-electron chi connectivity index (χ0n) is 11.7. The van der Waals surface area contributed by atoms with Gasteiger partial charge in [-0.3, -0.25) is 9.48 Å². The Kier molecular flexibility index (Phi) is 5.65. The van der Waals surface area contributed by atoms with Crippen molar-refractivity contribution in [1.82, 2.24) is 15.1 Å². The first-order valence-electron chi connectivity index (χ1n) is 6.72. The Bertz CT molecular complexity index is 599. The smallest absolute Gasteiger partial charge is 0.224 e. The van der Waals surface area contributed by atoms with Crippen LogP contribution >= 0.6 is 23.2 Å². The number of rotatable bonds is 6. The van der Waals surface area contributed by atoms with Crippen molar-refractivity contribution in [1.29, 1.82) is 0 Å². The maximum absolute atomic E-state index is 11.9. The SMILES string of the molecule is CC(CNC(=O)Cc1ccc(Cl)c(Cl)c1)Cn1cccn1. The number of hydrogen-bond donors (Lipinski definition) is 1. The minimum atomic E-state index is -0.0271. The van der Waals surface area contributed by atoms with Crippen molar-refractivity contribution in [2.24, 2.45) is 5.92 Å². The van der Waals surface area contributed by atoms with Crippen LogP contribution in [0.25, 0.3) is 0 Å². The molecule has 0 saturated carbocycles. The van der Waals surface area contributed by atoms with Gasteiger partial charge in [0.1, 0.15) is 0 Å². The fraction of sp³-hybridized carbons (Fsp3) is 0.333. The first-order valence-corrected chi connectivity index (χ1v) is 7.48. The summed E-state index contributed by atoms with van der Waals surface area (Å²) in [5.41, 5.74) is 0.849. The molecule has 1 aromatic heterocycles. The van der Waals surface area contributed by atoms with Crippen LogP contribution < -0.4 is 5.32 Å². The number of benzene rings is 1. The van der Waals surface area contributed by atoms with Crippen LogP contribution in [0.5, 0.6) is 0 Å². The second-order valence-corrected chi connectivity index (χ2v) is 5.88. The molecule has 0 aliphatic heterocycles. The van der Waals surface area contributed by atoms with Crippen LogP contribution in [0, 0.1) is 5.92 Å². The summed E-state index contributed by atoms with van der Waals surface area (Å²) in [5, 5.41) is 8.03. The molecular weight excluding hydrogens is 309 g/mol. The molecule has 4 nitrogen and oxygen atoms in total. The van der Waals surface area contributed by atoms with Crippen LogP contribution in [0.1, 0.15) is 12.5 Å². The Balaban J connectivity index is 1.77. The van der Waals surface area contributed by atoms with Gasteiger partial charge in [0.25, 0.3) is 0 Å². The number of carbonyl (C=O) groups is 1. The van der Waals surface area contributed by atoms with E-state index >= 15 is 0 Å². The quantitative estimate of drug-likeness (QED) is 0.886. The van der Waals surface area contributed by atoms with Crippen LogP contribution in [0.4, 0.5) is 0 Å². The first-order chi connectivity index (χ1) is 10.0. The topological polar surface area (TPSA) is 46.9 Å². The van der Waals surface area contributed by atoms with Crippen molar-refractivity contribution in [2.75, 3.05) is 6.54 Å². The standard InChI is InChI=1S/C15H17Cl2N3O/c1-11(10-20-6-2-5-19-20)9-18-15(21)8-12-3-4-13(16)14(17)7-12/h2-7,11H,8-10H2,1H3,(H,18,21). The molecule has 0 aliphatic carbocycles. The van der Waals surface area contributed by atoms with Crippen molar-refractivity contribution in [3.8, 4) is 0 Å². The maximum atomic E-state index is 11.9. The van der Waals surface area contributed by atoms with E-state index in [-0.39, 0.29) is 5.91 Å². The van der Waals surface area contributed by atoms with Gasteiger partial charge in [0.2, 0.25) is 5.91 Å². The lowest BCUT2D eigenvalue weighted by molar-refractivity contribution is -0.120. The van der Waals surface area contributed by atoms with Gasteiger partial charge in [-0.05, 0) is 29.7 Å². The van der Waals surface area contributed by atoms with E-state index in [1.54, 1.807) is 24.4 Å². The van der Waals surface area contributed by atoms with Crippen molar-refractivity contribution in [3.63, 3.8) is 0 Å². The van der Waals surface area contributed by atoms with Crippen LogP contribution in [0.3, 0.4) is 0 Å². The third kappa shape index (κ3) is 5.06. The zero-order chi connectivity index (χ0) is 15.2. The summed E-state index contributed by atoms with van der Waals surface area (Å²) < 4.78 is 1.86. The molecule has 112 valence electrons. The van der Waals surface area contributed by atoms with Crippen molar-refractivity contribution in [2.45, 2.75) is 19.9 Å². The first kappa shape index (κ1) is 15.9. The molecule has 0 saturated heterocycles. The van der Waals surface area contributed by atoms with E-state index in [0.29, 0.717) is 28.9 Å². The van der Waals surface area contributed by atoms with Gasteiger partial charge in [0, 0.05) is 25.5 Å². The summed E-state index contributed by atoms with van der Waals surface area (Å²) in [6, 6.07) is 7.11. The van der Waals surface area contributed by atoms with Gasteiger partial charge in [-0.1, -0.05) is 36.2 Å². The summed E-state index contributed by atoms with van der Waals surface area (Å²) in [6.45, 7) is 3.46. The molecule has 1 N–H and O–H groups in total. The molecular formula is C15H17Cl2N3O. The van der Waals surface area contributed by atoms with Crippen molar-refractivity contribution >= 4 is 29.1 Å². The predicted octanol–water partition coefficient (Wildman–Crippen LogP) is 3.18. The van der Waals surface area contributed by atoms with E-state index in [4.69, 9.17) is 23.2 Å². The normalized spacial score (nSPS) is 12.1. The van der Waals surface area contributed by atoms with Crippen LogP contribution in [-0.4, -0.2) is 22.2 Å². The molecule has 2 aromatic rings. The highest BCUT2D eigenvalue weighted by atomic mass is 35.5. The predicted molar refractivity (Wildman–Crippen MR) is 84.6 cm³/mol. The highest BCUT2D eigenvalue weighted by molar-refractivity contribution is 6.42. The fourth-order valence-corrected chi connectivity index (χ4v) is 2.30. The summed E-state index contributed by atoms with van der Waals surface area (Å²) in [4.78, 5) is 11.9. The van der Waals surface area contributed by atoms with Gasteiger partial charge < -0.3 is 5.32 Å². The summed E-state index contributed by atoms with van der Waals surface area (Å²) in [7, 11) is 0. The van der Waals surface area contributed by atoms with Gasteiger partial charge >= 0.3 is 0 Å². The molecule has 0 bridgehead atoms. The molecule has 1 heterocycles. The molecule has 0 fully saturated rings. The lowest BCUT2D eigenvalue weighted by Gasteiger charge is -2.13. The molecule has 2 rings (SSSR count). The Hall–Kier alpha value is -1.52. The Morgan fingerprint density at radius 3 is 2.86 bits per heavy atom. The number of halogens is 2. The number of carbonyl (C=O) groups excluding carboxylic acids is 1. The number of amides is 1. The monoisotopic (exact) mass is 325 g/mol. The van der Waals surface area contributed by atoms with Crippen molar-refractivity contribution < 1.29 is 4.79 Å². The highest BCUT2D eigenvalue weighted by Gasteiger charge is 2.08. The Morgan fingerprint density at radius 1 is 1.38 bits per heavy atom. The van der Waals surface area contributed by atoms with Crippen molar-refractivity contribution in [3.05, 3.63) is 52.3 Å². The molecule has 1 unspecified atom stereocenters. The van der Waals surface area contributed by atoms with E-state index < -0.39 is 0 Å². The van der Waals surface area contributed by atoms with Gasteiger partial charge in [0.05, 0.1) is 16.5 Å². The Labute approximate surface area is 134 Å². The van der Waals surface area contributed by atoms with E-state index in [2.05, 4.69) is 17.3 Å². The van der Waals surface area contributed by atoms with Gasteiger partial charge in [-0.15, -0.1) is 0 Å². The summed E-state index contributed by atoms with van der Waals surface area (Å²) in [6.07, 6.45) is 3.95. The van der Waals surface area contributed by atoms with Gasteiger partial charge in [-0.2, -0.15) is 5.10 Å². The van der Waals surface area contributed by atoms with E-state index in [1.165, 1.54) is 0 Å². The average molecular weight is 326 g/mol. The minimum absolute atomic E-state index is 0.0271.